The summed E-state index contributed by atoms with van der Waals surface area (Å²) in [7, 11) is 4.18. The number of halogens is 2. The topological polar surface area (TPSA) is 50.2 Å². The molecule has 1 fully saturated rings. The number of amides is 1. The van der Waals surface area contributed by atoms with Crippen molar-refractivity contribution >= 4 is 40.9 Å². The van der Waals surface area contributed by atoms with Crippen LogP contribution in [0.1, 0.15) is 23.4 Å². The smallest absolute Gasteiger partial charge is 0.224 e. The van der Waals surface area contributed by atoms with E-state index in [-0.39, 0.29) is 11.4 Å². The highest BCUT2D eigenvalue weighted by atomic mass is 35.5. The fourth-order valence-electron chi connectivity index (χ4n) is 3.55. The van der Waals surface area contributed by atoms with Crippen LogP contribution >= 0.6 is 35.0 Å². The molecule has 1 amide bonds. The zero-order chi connectivity index (χ0) is 20.5. The van der Waals surface area contributed by atoms with Gasteiger partial charge in [-0.3, -0.25) is 4.79 Å². The van der Waals surface area contributed by atoms with Gasteiger partial charge in [-0.2, -0.15) is 16.9 Å². The summed E-state index contributed by atoms with van der Waals surface area (Å²) in [5.41, 5.74) is 3.48. The first-order chi connectivity index (χ1) is 13.2. The minimum absolute atomic E-state index is 0.0195. The maximum absolute atomic E-state index is 12.7. The molecule has 1 aromatic carbocycles. The van der Waals surface area contributed by atoms with Gasteiger partial charge in [0.05, 0.1) is 22.8 Å². The third-order valence-electron chi connectivity index (χ3n) is 5.56. The average molecular weight is 441 g/mol. The molecule has 2 heterocycles. The summed E-state index contributed by atoms with van der Waals surface area (Å²) in [6.45, 7) is 4.55. The molecule has 1 aliphatic heterocycles. The van der Waals surface area contributed by atoms with Gasteiger partial charge in [0.15, 0.2) is 0 Å². The van der Waals surface area contributed by atoms with Crippen LogP contribution in [-0.4, -0.2) is 58.3 Å². The molecule has 8 heteroatoms. The summed E-state index contributed by atoms with van der Waals surface area (Å²) in [6, 6.07) is 5.32. The number of nitrogens with zero attached hydrogens (tertiary/aromatic N) is 3. The Kier molecular flexibility index (Phi) is 6.65. The minimum Gasteiger partial charge on any atom is -0.354 e. The molecule has 1 N–H and O–H groups in total. The lowest BCUT2D eigenvalue weighted by molar-refractivity contribution is -0.121. The largest absolute Gasteiger partial charge is 0.354 e. The average Bonchev–Trinajstić information content (AvgIpc) is 3.22. The number of benzene rings is 1. The molecule has 0 aliphatic carbocycles. The van der Waals surface area contributed by atoms with Crippen LogP contribution in [0.3, 0.4) is 0 Å². The van der Waals surface area contributed by atoms with Gasteiger partial charge < -0.3 is 10.2 Å². The van der Waals surface area contributed by atoms with E-state index in [1.54, 1.807) is 16.8 Å². The van der Waals surface area contributed by atoms with E-state index in [4.69, 9.17) is 23.2 Å². The summed E-state index contributed by atoms with van der Waals surface area (Å²) >= 11 is 14.3. The second kappa shape index (κ2) is 8.66. The summed E-state index contributed by atoms with van der Waals surface area (Å²) < 4.78 is 1.78. The van der Waals surface area contributed by atoms with E-state index in [9.17, 15) is 4.79 Å². The van der Waals surface area contributed by atoms with E-state index < -0.39 is 0 Å². The van der Waals surface area contributed by atoms with Crippen molar-refractivity contribution in [3.8, 4) is 5.69 Å². The number of aryl methyl sites for hydroxylation is 1. The number of rotatable bonds is 6. The first-order valence-electron chi connectivity index (χ1n) is 9.26. The van der Waals surface area contributed by atoms with Gasteiger partial charge >= 0.3 is 0 Å². The third-order valence-corrected chi connectivity index (χ3v) is 7.33. The summed E-state index contributed by atoms with van der Waals surface area (Å²) in [6.07, 6.45) is 1.40. The number of nitrogens with one attached hydrogen (secondary N) is 1. The van der Waals surface area contributed by atoms with Crippen molar-refractivity contribution in [1.29, 1.82) is 0 Å². The molecule has 1 aromatic heterocycles. The highest BCUT2D eigenvalue weighted by Crippen LogP contribution is 2.31. The number of carbonyl (C=O) groups excluding carboxylic acids is 1. The molecule has 0 saturated carbocycles. The Hall–Kier alpha value is -1.21. The van der Waals surface area contributed by atoms with E-state index in [1.165, 1.54) is 0 Å². The van der Waals surface area contributed by atoms with E-state index in [1.807, 2.05) is 31.7 Å². The normalized spacial score (nSPS) is 19.4. The molecule has 1 unspecified atom stereocenters. The number of hydrogen-bond acceptors (Lipinski definition) is 4. The molecule has 0 spiro atoms. The fraction of sp³-hybridized carbons (Fsp3) is 0.500. The molecule has 2 aromatic rings. The summed E-state index contributed by atoms with van der Waals surface area (Å²) in [5, 5.41) is 8.85. The van der Waals surface area contributed by atoms with Crippen LogP contribution in [0.15, 0.2) is 18.2 Å². The SMILES string of the molecule is Cc1nn(-c2ccc(Cl)cc2Cl)c(C)c1CC(=O)NCC1(N(C)C)CCSC1. The molecular weight excluding hydrogens is 415 g/mol. The Labute approximate surface area is 180 Å². The molecule has 1 aliphatic rings. The summed E-state index contributed by atoms with van der Waals surface area (Å²) in [4.78, 5) is 14.9. The van der Waals surface area contributed by atoms with Gasteiger partial charge in [0.1, 0.15) is 0 Å². The zero-order valence-electron chi connectivity index (χ0n) is 16.7. The Morgan fingerprint density at radius 2 is 2.11 bits per heavy atom. The molecule has 3 rings (SSSR count). The third kappa shape index (κ3) is 4.35. The lowest BCUT2D eigenvalue weighted by Gasteiger charge is -2.35. The predicted molar refractivity (Wildman–Crippen MR) is 118 cm³/mol. The van der Waals surface area contributed by atoms with Crippen LogP contribution in [0.25, 0.3) is 5.69 Å². The molecule has 1 atom stereocenters. The van der Waals surface area contributed by atoms with E-state index in [0.29, 0.717) is 23.0 Å². The Balaban J connectivity index is 1.74. The predicted octanol–water partition coefficient (Wildman–Crippen LogP) is 3.89. The Bertz CT molecular complexity index is 875. The molecule has 1 saturated heterocycles. The zero-order valence-corrected chi connectivity index (χ0v) is 19.0. The molecule has 0 bridgehead atoms. The Morgan fingerprint density at radius 1 is 1.36 bits per heavy atom. The van der Waals surface area contributed by atoms with Crippen LogP contribution in [0, 0.1) is 13.8 Å². The van der Waals surface area contributed by atoms with Crippen molar-refractivity contribution in [2.24, 2.45) is 0 Å². The second-order valence-electron chi connectivity index (χ2n) is 7.53. The van der Waals surface area contributed by atoms with Gasteiger partial charge in [-0.1, -0.05) is 23.2 Å². The highest BCUT2D eigenvalue weighted by molar-refractivity contribution is 7.99. The second-order valence-corrected chi connectivity index (χ2v) is 9.48. The van der Waals surface area contributed by atoms with Crippen molar-refractivity contribution in [1.82, 2.24) is 20.0 Å². The number of hydrogen-bond donors (Lipinski definition) is 1. The maximum atomic E-state index is 12.7. The fourth-order valence-corrected chi connectivity index (χ4v) is 5.59. The maximum Gasteiger partial charge on any atom is 0.224 e. The number of likely N-dealkylation sites (N-methyl/N-ethyl adjacent to an activating group) is 1. The number of thioether (sulfide) groups is 1. The molecule has 28 heavy (non-hydrogen) atoms. The monoisotopic (exact) mass is 440 g/mol. The Morgan fingerprint density at radius 3 is 2.71 bits per heavy atom. The van der Waals surface area contributed by atoms with Crippen molar-refractivity contribution in [3.05, 3.63) is 45.2 Å². The van der Waals surface area contributed by atoms with Crippen molar-refractivity contribution in [3.63, 3.8) is 0 Å². The van der Waals surface area contributed by atoms with E-state index in [0.717, 1.165) is 40.6 Å². The lowest BCUT2D eigenvalue weighted by Crippen LogP contribution is -2.53. The van der Waals surface area contributed by atoms with Crippen molar-refractivity contribution < 1.29 is 4.79 Å². The van der Waals surface area contributed by atoms with Crippen LogP contribution in [0.2, 0.25) is 10.0 Å². The van der Waals surface area contributed by atoms with Gasteiger partial charge in [-0.25, -0.2) is 4.68 Å². The standard InChI is InChI=1S/C20H26Cl2N4OS/c1-13-16(10-19(27)23-11-20(25(3)4)7-8-28-12-20)14(2)26(24-13)18-6-5-15(21)9-17(18)22/h5-6,9H,7-8,10-12H2,1-4H3,(H,23,27). The minimum atomic E-state index is 0.0195. The molecule has 152 valence electrons. The van der Waals surface area contributed by atoms with Gasteiger partial charge in [0.25, 0.3) is 0 Å². The van der Waals surface area contributed by atoms with Gasteiger partial charge in [0, 0.05) is 34.1 Å². The molecule has 5 nitrogen and oxygen atoms in total. The van der Waals surface area contributed by atoms with Gasteiger partial charge in [-0.05, 0) is 58.3 Å². The molecular formula is C20H26Cl2N4OS. The summed E-state index contributed by atoms with van der Waals surface area (Å²) in [5.74, 6) is 2.21. The van der Waals surface area contributed by atoms with Crippen LogP contribution in [0.4, 0.5) is 0 Å². The van der Waals surface area contributed by atoms with Crippen LogP contribution in [0.5, 0.6) is 0 Å². The van der Waals surface area contributed by atoms with Gasteiger partial charge in [0.2, 0.25) is 5.91 Å². The molecule has 0 radical (unpaired) electrons. The van der Waals surface area contributed by atoms with Crippen LogP contribution < -0.4 is 5.32 Å². The quantitative estimate of drug-likeness (QED) is 0.739. The first kappa shape index (κ1) is 21.5. The van der Waals surface area contributed by atoms with E-state index in [2.05, 4.69) is 29.4 Å². The van der Waals surface area contributed by atoms with Crippen LogP contribution in [-0.2, 0) is 11.2 Å². The van der Waals surface area contributed by atoms with Crippen molar-refractivity contribution in [2.45, 2.75) is 32.2 Å². The van der Waals surface area contributed by atoms with Crippen molar-refractivity contribution in [2.75, 3.05) is 32.1 Å². The van der Waals surface area contributed by atoms with Gasteiger partial charge in [-0.15, -0.1) is 0 Å². The number of aromatic nitrogens is 2. The van der Waals surface area contributed by atoms with E-state index >= 15 is 0 Å². The highest BCUT2D eigenvalue weighted by Gasteiger charge is 2.36. The lowest BCUT2D eigenvalue weighted by atomic mass is 9.97. The first-order valence-corrected chi connectivity index (χ1v) is 11.2. The number of carbonyl (C=O) groups is 1.